The van der Waals surface area contributed by atoms with Gasteiger partial charge in [-0.2, -0.15) is 0 Å². The molecule has 2 aromatic carbocycles. The summed E-state index contributed by atoms with van der Waals surface area (Å²) in [5.74, 6) is -0.151. The summed E-state index contributed by atoms with van der Waals surface area (Å²) in [5.41, 5.74) is 4.43. The maximum Gasteiger partial charge on any atom is 0.256 e. The normalized spacial score (nSPS) is 14.9. The maximum absolute atomic E-state index is 12.9. The van der Waals surface area contributed by atoms with Gasteiger partial charge in [0.25, 0.3) is 5.91 Å². The zero-order chi connectivity index (χ0) is 19.6. The molecule has 0 radical (unpaired) electrons. The molecule has 0 atom stereocenters. The molecule has 0 unspecified atom stereocenters. The first-order valence-electron chi connectivity index (χ1n) is 8.93. The highest BCUT2D eigenvalue weighted by molar-refractivity contribution is 7.92. The number of carbonyl (C=O) groups excluding carboxylic acids is 1. The molecule has 1 N–H and O–H groups in total. The third-order valence-electron chi connectivity index (χ3n) is 4.94. The van der Waals surface area contributed by atoms with Crippen LogP contribution in [0.5, 0.6) is 0 Å². The lowest BCUT2D eigenvalue weighted by atomic mass is 10.1. The first kappa shape index (κ1) is 19.2. The van der Waals surface area contributed by atoms with Crippen molar-refractivity contribution in [3.63, 3.8) is 0 Å². The van der Waals surface area contributed by atoms with Gasteiger partial charge in [0.15, 0.2) is 0 Å². The van der Waals surface area contributed by atoms with Crippen LogP contribution in [0.15, 0.2) is 42.5 Å². The summed E-state index contributed by atoms with van der Waals surface area (Å²) >= 11 is 0. The van der Waals surface area contributed by atoms with E-state index in [-0.39, 0.29) is 5.91 Å². The summed E-state index contributed by atoms with van der Waals surface area (Å²) in [6.45, 7) is 6.91. The molecule has 0 spiro atoms. The molecule has 1 aliphatic heterocycles. The molecule has 1 amide bonds. The van der Waals surface area contributed by atoms with E-state index in [0.29, 0.717) is 24.3 Å². The Bertz CT molecular complexity index is 949. The molecular formula is C20H25N3O3S. The van der Waals surface area contributed by atoms with E-state index in [1.807, 2.05) is 0 Å². The summed E-state index contributed by atoms with van der Waals surface area (Å²) in [7, 11) is -3.45. The Hall–Kier alpha value is -2.54. The summed E-state index contributed by atoms with van der Waals surface area (Å²) in [6.07, 6.45) is 1.08. The summed E-state index contributed by atoms with van der Waals surface area (Å²) in [6, 6.07) is 13.0. The van der Waals surface area contributed by atoms with Gasteiger partial charge in [-0.15, -0.1) is 0 Å². The van der Waals surface area contributed by atoms with Crippen molar-refractivity contribution in [3.8, 4) is 0 Å². The van der Waals surface area contributed by atoms with E-state index in [0.717, 1.165) is 19.3 Å². The summed E-state index contributed by atoms with van der Waals surface area (Å²) < 4.78 is 25.6. The van der Waals surface area contributed by atoms with Crippen LogP contribution < -0.4 is 9.62 Å². The molecule has 0 bridgehead atoms. The zero-order valence-corrected chi connectivity index (χ0v) is 16.7. The number of hydrogen-bond donors (Lipinski definition) is 1. The number of benzene rings is 2. The van der Waals surface area contributed by atoms with E-state index in [4.69, 9.17) is 0 Å². The van der Waals surface area contributed by atoms with Gasteiger partial charge in [-0.3, -0.25) is 9.52 Å². The first-order chi connectivity index (χ1) is 12.8. The first-order valence-corrected chi connectivity index (χ1v) is 10.8. The Labute approximate surface area is 160 Å². The van der Waals surface area contributed by atoms with Crippen molar-refractivity contribution in [1.29, 1.82) is 0 Å². The van der Waals surface area contributed by atoms with Crippen LogP contribution in [-0.4, -0.2) is 51.7 Å². The van der Waals surface area contributed by atoms with Crippen LogP contribution in [0.4, 0.5) is 11.4 Å². The molecule has 0 aliphatic carbocycles. The molecule has 1 saturated heterocycles. The Morgan fingerprint density at radius 2 is 1.63 bits per heavy atom. The standard InChI is InChI=1S/C20H25N3O3S/c1-15-7-6-10-19(16(15)2)22-11-13-23(14-12-22)20(24)17-8-4-5-9-18(17)21-27(3,25)26/h4-10,21H,11-14H2,1-3H3. The quantitative estimate of drug-likeness (QED) is 0.876. The van der Waals surface area contributed by atoms with Crippen LogP contribution in [0.2, 0.25) is 0 Å². The van der Waals surface area contributed by atoms with Crippen molar-refractivity contribution in [2.24, 2.45) is 0 Å². The van der Waals surface area contributed by atoms with Gasteiger partial charge in [-0.1, -0.05) is 24.3 Å². The number of aryl methyl sites for hydroxylation is 1. The minimum Gasteiger partial charge on any atom is -0.368 e. The van der Waals surface area contributed by atoms with Gasteiger partial charge >= 0.3 is 0 Å². The lowest BCUT2D eigenvalue weighted by Gasteiger charge is -2.37. The van der Waals surface area contributed by atoms with E-state index >= 15 is 0 Å². The molecule has 27 heavy (non-hydrogen) atoms. The Morgan fingerprint density at radius 1 is 0.963 bits per heavy atom. The van der Waals surface area contributed by atoms with E-state index in [1.165, 1.54) is 16.8 Å². The number of rotatable bonds is 4. The predicted octanol–water partition coefficient (Wildman–Crippen LogP) is 2.64. The third-order valence-corrected chi connectivity index (χ3v) is 5.53. The molecule has 2 aromatic rings. The van der Waals surface area contributed by atoms with E-state index in [2.05, 4.69) is 41.7 Å². The van der Waals surface area contributed by atoms with Gasteiger partial charge in [0.2, 0.25) is 10.0 Å². The minimum atomic E-state index is -3.45. The smallest absolute Gasteiger partial charge is 0.256 e. The van der Waals surface area contributed by atoms with Gasteiger partial charge in [0.05, 0.1) is 17.5 Å². The average Bonchev–Trinajstić information content (AvgIpc) is 2.63. The molecule has 0 saturated carbocycles. The van der Waals surface area contributed by atoms with Crippen molar-refractivity contribution in [2.75, 3.05) is 42.1 Å². The second kappa shape index (κ2) is 7.60. The van der Waals surface area contributed by atoms with E-state index in [9.17, 15) is 13.2 Å². The third kappa shape index (κ3) is 4.42. The van der Waals surface area contributed by atoms with Crippen molar-refractivity contribution >= 4 is 27.3 Å². The highest BCUT2D eigenvalue weighted by Crippen LogP contribution is 2.25. The average molecular weight is 388 g/mol. The molecule has 1 heterocycles. The minimum absolute atomic E-state index is 0.151. The lowest BCUT2D eigenvalue weighted by molar-refractivity contribution is 0.0748. The maximum atomic E-state index is 12.9. The highest BCUT2D eigenvalue weighted by Gasteiger charge is 2.25. The van der Waals surface area contributed by atoms with Crippen LogP contribution >= 0.6 is 0 Å². The van der Waals surface area contributed by atoms with Crippen molar-refractivity contribution < 1.29 is 13.2 Å². The van der Waals surface area contributed by atoms with Crippen LogP contribution in [0, 0.1) is 13.8 Å². The fourth-order valence-corrected chi connectivity index (χ4v) is 3.93. The zero-order valence-electron chi connectivity index (χ0n) is 15.9. The summed E-state index contributed by atoms with van der Waals surface area (Å²) in [5, 5.41) is 0. The predicted molar refractivity (Wildman–Crippen MR) is 109 cm³/mol. The van der Waals surface area contributed by atoms with Crippen LogP contribution in [0.1, 0.15) is 21.5 Å². The van der Waals surface area contributed by atoms with Crippen LogP contribution in [0.25, 0.3) is 0 Å². The van der Waals surface area contributed by atoms with Gasteiger partial charge in [-0.25, -0.2) is 8.42 Å². The highest BCUT2D eigenvalue weighted by atomic mass is 32.2. The van der Waals surface area contributed by atoms with Crippen molar-refractivity contribution in [1.82, 2.24) is 4.90 Å². The Balaban J connectivity index is 1.73. The van der Waals surface area contributed by atoms with Gasteiger partial charge in [0, 0.05) is 31.9 Å². The molecular weight excluding hydrogens is 362 g/mol. The van der Waals surface area contributed by atoms with E-state index in [1.54, 1.807) is 29.2 Å². The molecule has 1 aliphatic rings. The molecule has 7 heteroatoms. The number of carbonyl (C=O) groups is 1. The van der Waals surface area contributed by atoms with Gasteiger partial charge < -0.3 is 9.80 Å². The van der Waals surface area contributed by atoms with Gasteiger partial charge in [-0.05, 0) is 43.2 Å². The number of amides is 1. The lowest BCUT2D eigenvalue weighted by Crippen LogP contribution is -2.49. The van der Waals surface area contributed by atoms with E-state index < -0.39 is 10.0 Å². The molecule has 0 aromatic heterocycles. The molecule has 6 nitrogen and oxygen atoms in total. The fraction of sp³-hybridized carbons (Fsp3) is 0.350. The molecule has 144 valence electrons. The number of hydrogen-bond acceptors (Lipinski definition) is 4. The monoisotopic (exact) mass is 387 g/mol. The largest absolute Gasteiger partial charge is 0.368 e. The molecule has 3 rings (SSSR count). The Morgan fingerprint density at radius 3 is 2.30 bits per heavy atom. The van der Waals surface area contributed by atoms with Crippen molar-refractivity contribution in [2.45, 2.75) is 13.8 Å². The number of nitrogens with zero attached hydrogens (tertiary/aromatic N) is 2. The topological polar surface area (TPSA) is 69.7 Å². The Kier molecular flexibility index (Phi) is 5.41. The number of nitrogens with one attached hydrogen (secondary N) is 1. The second-order valence-electron chi connectivity index (χ2n) is 6.92. The SMILES string of the molecule is Cc1cccc(N2CCN(C(=O)c3ccccc3NS(C)(=O)=O)CC2)c1C. The fourth-order valence-electron chi connectivity index (χ4n) is 3.36. The molecule has 1 fully saturated rings. The van der Waals surface area contributed by atoms with Crippen LogP contribution in [-0.2, 0) is 10.0 Å². The number of anilines is 2. The van der Waals surface area contributed by atoms with Crippen LogP contribution in [0.3, 0.4) is 0 Å². The summed E-state index contributed by atoms with van der Waals surface area (Å²) in [4.78, 5) is 17.0. The second-order valence-corrected chi connectivity index (χ2v) is 8.67. The van der Waals surface area contributed by atoms with Gasteiger partial charge in [0.1, 0.15) is 0 Å². The van der Waals surface area contributed by atoms with Crippen molar-refractivity contribution in [3.05, 3.63) is 59.2 Å². The number of para-hydroxylation sites is 1. The number of sulfonamides is 1. The number of piperazine rings is 1.